The Labute approximate surface area is 91.7 Å². The molecule has 0 aromatic heterocycles. The number of benzene rings is 1. The summed E-state index contributed by atoms with van der Waals surface area (Å²) in [5.74, 6) is 0.190. The van der Waals surface area contributed by atoms with Gasteiger partial charge in [0.05, 0.1) is 6.54 Å². The number of hydrogen-bond acceptors (Lipinski definition) is 2. The molecule has 0 bridgehead atoms. The highest BCUT2D eigenvalue weighted by atomic mass is 16.1. The molecule has 0 radical (unpaired) electrons. The zero-order valence-electron chi connectivity index (χ0n) is 9.76. The van der Waals surface area contributed by atoms with Gasteiger partial charge in [-0.1, -0.05) is 18.2 Å². The van der Waals surface area contributed by atoms with E-state index in [1.807, 2.05) is 0 Å². The van der Waals surface area contributed by atoms with Gasteiger partial charge in [0.15, 0.2) is 0 Å². The summed E-state index contributed by atoms with van der Waals surface area (Å²) in [7, 11) is 0. The normalized spacial score (nSPS) is 10.3. The standard InChI is InChI=1S/C13H19NO/c1-10-4-5-13(8-11(10)2)6-7-14-9-12(3)15/h4-5,8,14H,6-7,9H2,1-3H3. The van der Waals surface area contributed by atoms with Gasteiger partial charge >= 0.3 is 0 Å². The third-order valence-electron chi connectivity index (χ3n) is 2.54. The van der Waals surface area contributed by atoms with Crippen LogP contribution >= 0.6 is 0 Å². The maximum Gasteiger partial charge on any atom is 0.143 e. The van der Waals surface area contributed by atoms with E-state index in [2.05, 4.69) is 37.4 Å². The van der Waals surface area contributed by atoms with Crippen LogP contribution in [-0.4, -0.2) is 18.9 Å². The summed E-state index contributed by atoms with van der Waals surface area (Å²) in [5, 5.41) is 3.12. The molecule has 2 nitrogen and oxygen atoms in total. The molecule has 0 unspecified atom stereocenters. The van der Waals surface area contributed by atoms with Crippen LogP contribution < -0.4 is 5.32 Å². The van der Waals surface area contributed by atoms with Crippen LogP contribution in [0.15, 0.2) is 18.2 Å². The van der Waals surface area contributed by atoms with Crippen LogP contribution in [0.25, 0.3) is 0 Å². The summed E-state index contributed by atoms with van der Waals surface area (Å²) in [6.45, 7) is 7.19. The first-order valence-electron chi connectivity index (χ1n) is 5.36. The summed E-state index contributed by atoms with van der Waals surface area (Å²) < 4.78 is 0. The van der Waals surface area contributed by atoms with E-state index in [-0.39, 0.29) is 5.78 Å². The van der Waals surface area contributed by atoms with Crippen molar-refractivity contribution >= 4 is 5.78 Å². The van der Waals surface area contributed by atoms with Crippen LogP contribution in [0.1, 0.15) is 23.6 Å². The lowest BCUT2D eigenvalue weighted by Gasteiger charge is -2.05. The van der Waals surface area contributed by atoms with E-state index in [1.54, 1.807) is 6.92 Å². The second-order valence-electron chi connectivity index (χ2n) is 4.05. The first-order valence-corrected chi connectivity index (χ1v) is 5.36. The van der Waals surface area contributed by atoms with Crippen LogP contribution in [0.5, 0.6) is 0 Å². The molecule has 0 atom stereocenters. The number of carbonyl (C=O) groups excluding carboxylic acids is 1. The van der Waals surface area contributed by atoms with E-state index in [0.29, 0.717) is 6.54 Å². The van der Waals surface area contributed by atoms with E-state index in [0.717, 1.165) is 13.0 Å². The molecule has 1 aromatic carbocycles. The second kappa shape index (κ2) is 5.66. The van der Waals surface area contributed by atoms with Crippen molar-refractivity contribution in [3.63, 3.8) is 0 Å². The van der Waals surface area contributed by atoms with Crippen molar-refractivity contribution in [2.45, 2.75) is 27.2 Å². The third-order valence-corrected chi connectivity index (χ3v) is 2.54. The molecule has 1 rings (SSSR count). The largest absolute Gasteiger partial charge is 0.310 e. The lowest BCUT2D eigenvalue weighted by Crippen LogP contribution is -2.23. The monoisotopic (exact) mass is 205 g/mol. The minimum atomic E-state index is 0.190. The van der Waals surface area contributed by atoms with E-state index < -0.39 is 0 Å². The zero-order chi connectivity index (χ0) is 11.3. The van der Waals surface area contributed by atoms with Crippen LogP contribution in [0.4, 0.5) is 0 Å². The van der Waals surface area contributed by atoms with Crippen molar-refractivity contribution in [2.75, 3.05) is 13.1 Å². The van der Waals surface area contributed by atoms with E-state index in [9.17, 15) is 4.79 Å². The van der Waals surface area contributed by atoms with Crippen molar-refractivity contribution < 1.29 is 4.79 Å². The quantitative estimate of drug-likeness (QED) is 0.745. The second-order valence-corrected chi connectivity index (χ2v) is 4.05. The topological polar surface area (TPSA) is 29.1 Å². The highest BCUT2D eigenvalue weighted by Crippen LogP contribution is 2.09. The van der Waals surface area contributed by atoms with Gasteiger partial charge in [-0.15, -0.1) is 0 Å². The van der Waals surface area contributed by atoms with Gasteiger partial charge in [-0.2, -0.15) is 0 Å². The number of carbonyl (C=O) groups is 1. The third kappa shape index (κ3) is 4.26. The summed E-state index contributed by atoms with van der Waals surface area (Å²) in [6, 6.07) is 6.51. The molecule has 15 heavy (non-hydrogen) atoms. The number of hydrogen-bond donors (Lipinski definition) is 1. The van der Waals surface area contributed by atoms with Crippen molar-refractivity contribution in [1.82, 2.24) is 5.32 Å². The highest BCUT2D eigenvalue weighted by molar-refractivity contribution is 5.77. The van der Waals surface area contributed by atoms with Gasteiger partial charge in [-0.05, 0) is 50.4 Å². The predicted molar refractivity (Wildman–Crippen MR) is 63.2 cm³/mol. The van der Waals surface area contributed by atoms with Crippen molar-refractivity contribution in [3.05, 3.63) is 34.9 Å². The predicted octanol–water partition coefficient (Wildman–Crippen LogP) is 2.02. The Morgan fingerprint density at radius 1 is 1.27 bits per heavy atom. The van der Waals surface area contributed by atoms with Gasteiger partial charge in [0.25, 0.3) is 0 Å². The molecule has 0 aliphatic carbocycles. The molecule has 0 aliphatic heterocycles. The first-order chi connectivity index (χ1) is 7.09. The Hall–Kier alpha value is -1.15. The maximum atomic E-state index is 10.7. The minimum Gasteiger partial charge on any atom is -0.310 e. The molecule has 0 fully saturated rings. The summed E-state index contributed by atoms with van der Waals surface area (Å²) >= 11 is 0. The van der Waals surface area contributed by atoms with Crippen LogP contribution in [-0.2, 0) is 11.2 Å². The van der Waals surface area contributed by atoms with Gasteiger partial charge in [-0.25, -0.2) is 0 Å². The maximum absolute atomic E-state index is 10.7. The lowest BCUT2D eigenvalue weighted by atomic mass is 10.0. The molecule has 1 N–H and O–H groups in total. The molecular formula is C13H19NO. The summed E-state index contributed by atoms with van der Waals surface area (Å²) in [6.07, 6.45) is 0.981. The Morgan fingerprint density at radius 2 is 2.00 bits per heavy atom. The van der Waals surface area contributed by atoms with Crippen LogP contribution in [0.3, 0.4) is 0 Å². The van der Waals surface area contributed by atoms with Crippen molar-refractivity contribution in [3.8, 4) is 0 Å². The summed E-state index contributed by atoms with van der Waals surface area (Å²) in [4.78, 5) is 10.7. The molecule has 2 heteroatoms. The fourth-order valence-corrected chi connectivity index (χ4v) is 1.46. The Balaban J connectivity index is 2.38. The summed E-state index contributed by atoms with van der Waals surface area (Å²) in [5.41, 5.74) is 3.99. The molecule has 82 valence electrons. The Morgan fingerprint density at radius 3 is 2.60 bits per heavy atom. The van der Waals surface area contributed by atoms with Gasteiger partial charge < -0.3 is 5.32 Å². The molecule has 1 aromatic rings. The van der Waals surface area contributed by atoms with Gasteiger partial charge in [0.1, 0.15) is 5.78 Å². The minimum absolute atomic E-state index is 0.190. The molecule has 0 amide bonds. The van der Waals surface area contributed by atoms with E-state index >= 15 is 0 Å². The number of nitrogens with one attached hydrogen (secondary N) is 1. The molecule has 0 spiro atoms. The van der Waals surface area contributed by atoms with Gasteiger partial charge in [0.2, 0.25) is 0 Å². The number of Topliss-reactive ketones (excluding diaryl/α,β-unsaturated/α-hetero) is 1. The number of rotatable bonds is 5. The average Bonchev–Trinajstić information content (AvgIpc) is 2.18. The van der Waals surface area contributed by atoms with Gasteiger partial charge in [-0.3, -0.25) is 4.79 Å². The first kappa shape index (κ1) is 11.9. The van der Waals surface area contributed by atoms with Crippen LogP contribution in [0.2, 0.25) is 0 Å². The molecule has 0 heterocycles. The van der Waals surface area contributed by atoms with Gasteiger partial charge in [0, 0.05) is 0 Å². The number of ketones is 1. The fourth-order valence-electron chi connectivity index (χ4n) is 1.46. The lowest BCUT2D eigenvalue weighted by molar-refractivity contribution is -0.116. The van der Waals surface area contributed by atoms with Crippen molar-refractivity contribution in [2.24, 2.45) is 0 Å². The smallest absolute Gasteiger partial charge is 0.143 e. The van der Waals surface area contributed by atoms with E-state index in [4.69, 9.17) is 0 Å². The highest BCUT2D eigenvalue weighted by Gasteiger charge is 1.97. The van der Waals surface area contributed by atoms with Crippen LogP contribution in [0, 0.1) is 13.8 Å². The average molecular weight is 205 g/mol. The Kier molecular flexibility index (Phi) is 4.50. The molecular weight excluding hydrogens is 186 g/mol. The molecule has 0 aliphatic rings. The van der Waals surface area contributed by atoms with E-state index in [1.165, 1.54) is 16.7 Å². The molecule has 0 saturated carbocycles. The fraction of sp³-hybridized carbons (Fsp3) is 0.462. The molecule has 0 saturated heterocycles. The SMILES string of the molecule is CC(=O)CNCCc1ccc(C)c(C)c1. The van der Waals surface area contributed by atoms with Crippen molar-refractivity contribution in [1.29, 1.82) is 0 Å². The zero-order valence-corrected chi connectivity index (χ0v) is 9.76. The Bertz CT molecular complexity index is 344. The number of aryl methyl sites for hydroxylation is 2.